The van der Waals surface area contributed by atoms with Gasteiger partial charge in [0, 0.05) is 5.69 Å². The Kier molecular flexibility index (Phi) is 5.36. The number of hydrogen-bond donors (Lipinski definition) is 1. The van der Waals surface area contributed by atoms with Crippen molar-refractivity contribution in [1.29, 1.82) is 0 Å². The van der Waals surface area contributed by atoms with E-state index in [-0.39, 0.29) is 10.6 Å². The number of aryl methyl sites for hydroxylation is 1. The highest BCUT2D eigenvalue weighted by atomic mass is 32.2. The van der Waals surface area contributed by atoms with Gasteiger partial charge in [-0.2, -0.15) is 18.3 Å². The Morgan fingerprint density at radius 1 is 1.00 bits per heavy atom. The Morgan fingerprint density at radius 2 is 1.68 bits per heavy atom. The number of sulfonamides is 1. The molecule has 4 aromatic rings. The van der Waals surface area contributed by atoms with Crippen LogP contribution in [0.2, 0.25) is 0 Å². The second-order valence-corrected chi connectivity index (χ2v) is 9.40. The molecule has 0 amide bonds. The molecule has 10 heteroatoms. The van der Waals surface area contributed by atoms with Gasteiger partial charge < -0.3 is 0 Å². The van der Waals surface area contributed by atoms with Gasteiger partial charge in [0.05, 0.1) is 21.2 Å². The van der Waals surface area contributed by atoms with Gasteiger partial charge in [-0.15, -0.1) is 11.3 Å². The third kappa shape index (κ3) is 4.49. The van der Waals surface area contributed by atoms with Gasteiger partial charge in [-0.1, -0.05) is 23.8 Å². The molecule has 2 heterocycles. The third-order valence-corrected chi connectivity index (χ3v) is 6.76. The summed E-state index contributed by atoms with van der Waals surface area (Å²) in [4.78, 5) is 0.746. The van der Waals surface area contributed by atoms with Gasteiger partial charge in [0.1, 0.15) is 0 Å². The largest absolute Gasteiger partial charge is 0.435 e. The zero-order chi connectivity index (χ0) is 22.2. The van der Waals surface area contributed by atoms with Gasteiger partial charge in [0.25, 0.3) is 10.0 Å². The van der Waals surface area contributed by atoms with Gasteiger partial charge in [-0.05, 0) is 60.8 Å². The van der Waals surface area contributed by atoms with E-state index in [9.17, 15) is 21.6 Å². The molecule has 0 bridgehead atoms. The molecule has 0 aliphatic carbocycles. The van der Waals surface area contributed by atoms with Crippen LogP contribution in [0, 0.1) is 6.92 Å². The van der Waals surface area contributed by atoms with Gasteiger partial charge in [-0.25, -0.2) is 13.1 Å². The fourth-order valence-electron chi connectivity index (χ4n) is 2.92. The number of alkyl halides is 3. The Bertz CT molecular complexity index is 1290. The normalized spacial score (nSPS) is 12.1. The van der Waals surface area contributed by atoms with E-state index in [1.165, 1.54) is 52.4 Å². The molecule has 5 nitrogen and oxygen atoms in total. The van der Waals surface area contributed by atoms with Crippen LogP contribution in [0.25, 0.3) is 16.3 Å². The summed E-state index contributed by atoms with van der Waals surface area (Å²) in [7, 11) is -3.79. The van der Waals surface area contributed by atoms with Crippen LogP contribution < -0.4 is 4.72 Å². The summed E-state index contributed by atoms with van der Waals surface area (Å²) in [6.45, 7) is 1.85. The smallest absolute Gasteiger partial charge is 0.280 e. The quantitative estimate of drug-likeness (QED) is 0.411. The number of rotatable bonds is 5. The van der Waals surface area contributed by atoms with Crippen molar-refractivity contribution in [2.45, 2.75) is 18.0 Å². The van der Waals surface area contributed by atoms with Crippen LogP contribution >= 0.6 is 11.3 Å². The fraction of sp³-hybridized carbons (Fsp3) is 0.0952. The average molecular weight is 464 g/mol. The molecule has 2 aromatic heterocycles. The topological polar surface area (TPSA) is 64.0 Å². The van der Waals surface area contributed by atoms with Crippen LogP contribution in [0.4, 0.5) is 18.9 Å². The van der Waals surface area contributed by atoms with E-state index >= 15 is 0 Å². The molecular formula is C21H16F3N3O2S2. The second-order valence-electron chi connectivity index (χ2n) is 6.77. The molecule has 2 aromatic carbocycles. The van der Waals surface area contributed by atoms with Crippen LogP contribution in [0.5, 0.6) is 0 Å². The van der Waals surface area contributed by atoms with E-state index < -0.39 is 21.9 Å². The lowest BCUT2D eigenvalue weighted by molar-refractivity contribution is -0.141. The van der Waals surface area contributed by atoms with Crippen molar-refractivity contribution < 1.29 is 21.6 Å². The molecule has 0 radical (unpaired) electrons. The number of nitrogens with zero attached hydrogens (tertiary/aromatic N) is 2. The molecule has 1 N–H and O–H groups in total. The number of benzene rings is 2. The molecule has 0 saturated heterocycles. The SMILES string of the molecule is Cc1ccc(S(=O)(=O)Nc2ccc(-n3nc(C(F)(F)F)cc3-c3cccs3)cc2)cc1. The molecule has 0 aliphatic rings. The maximum atomic E-state index is 13.2. The lowest BCUT2D eigenvalue weighted by Gasteiger charge is -2.10. The van der Waals surface area contributed by atoms with Gasteiger partial charge in [0.15, 0.2) is 5.69 Å². The zero-order valence-corrected chi connectivity index (χ0v) is 17.7. The van der Waals surface area contributed by atoms with Crippen LogP contribution in [-0.4, -0.2) is 18.2 Å². The van der Waals surface area contributed by atoms with E-state index in [1.54, 1.807) is 29.6 Å². The lowest BCUT2D eigenvalue weighted by atomic mass is 10.2. The predicted molar refractivity (Wildman–Crippen MR) is 114 cm³/mol. The number of anilines is 1. The highest BCUT2D eigenvalue weighted by Crippen LogP contribution is 2.35. The van der Waals surface area contributed by atoms with E-state index in [0.717, 1.165) is 11.6 Å². The summed E-state index contributed by atoms with van der Waals surface area (Å²) in [6.07, 6.45) is -4.58. The van der Waals surface area contributed by atoms with Gasteiger partial charge >= 0.3 is 6.18 Å². The summed E-state index contributed by atoms with van der Waals surface area (Å²) < 4.78 is 68.4. The summed E-state index contributed by atoms with van der Waals surface area (Å²) in [5.74, 6) is 0. The average Bonchev–Trinajstić information content (AvgIpc) is 3.38. The van der Waals surface area contributed by atoms with Crippen molar-refractivity contribution in [3.05, 3.63) is 83.4 Å². The summed E-state index contributed by atoms with van der Waals surface area (Å²) in [5, 5.41) is 5.49. The highest BCUT2D eigenvalue weighted by Gasteiger charge is 2.35. The highest BCUT2D eigenvalue weighted by molar-refractivity contribution is 7.92. The van der Waals surface area contributed by atoms with E-state index in [0.29, 0.717) is 16.3 Å². The molecular weight excluding hydrogens is 447 g/mol. The maximum absolute atomic E-state index is 13.2. The maximum Gasteiger partial charge on any atom is 0.435 e. The molecule has 0 unspecified atom stereocenters. The van der Waals surface area contributed by atoms with Crippen LogP contribution in [-0.2, 0) is 16.2 Å². The molecule has 0 fully saturated rings. The van der Waals surface area contributed by atoms with Gasteiger partial charge in [0.2, 0.25) is 0 Å². The minimum absolute atomic E-state index is 0.115. The number of halogens is 3. The molecule has 160 valence electrons. The van der Waals surface area contributed by atoms with Crippen molar-refractivity contribution in [2.75, 3.05) is 4.72 Å². The van der Waals surface area contributed by atoms with E-state index in [1.807, 2.05) is 6.92 Å². The number of thiophene rings is 1. The summed E-state index contributed by atoms with van der Waals surface area (Å²) in [5.41, 5.74) is 0.889. The first-order valence-electron chi connectivity index (χ1n) is 9.04. The Balaban J connectivity index is 1.66. The second kappa shape index (κ2) is 7.86. The predicted octanol–water partition coefficient (Wildman–Crippen LogP) is 5.73. The molecule has 31 heavy (non-hydrogen) atoms. The molecule has 0 aliphatic heterocycles. The molecule has 0 spiro atoms. The van der Waals surface area contributed by atoms with Crippen molar-refractivity contribution >= 4 is 27.0 Å². The monoisotopic (exact) mass is 463 g/mol. The van der Waals surface area contributed by atoms with E-state index in [4.69, 9.17) is 0 Å². The first-order chi connectivity index (χ1) is 14.6. The number of nitrogens with one attached hydrogen (secondary N) is 1. The van der Waals surface area contributed by atoms with Crippen molar-refractivity contribution in [2.24, 2.45) is 0 Å². The third-order valence-electron chi connectivity index (χ3n) is 4.47. The fourth-order valence-corrected chi connectivity index (χ4v) is 4.70. The Morgan fingerprint density at radius 3 is 2.26 bits per heavy atom. The van der Waals surface area contributed by atoms with Crippen molar-refractivity contribution in [3.63, 3.8) is 0 Å². The van der Waals surface area contributed by atoms with Crippen LogP contribution in [0.15, 0.2) is 77.0 Å². The molecule has 0 atom stereocenters. The zero-order valence-electron chi connectivity index (χ0n) is 16.1. The van der Waals surface area contributed by atoms with Gasteiger partial charge in [-0.3, -0.25) is 4.72 Å². The Hall–Kier alpha value is -3.11. The van der Waals surface area contributed by atoms with E-state index in [2.05, 4.69) is 9.82 Å². The molecule has 0 saturated carbocycles. The number of hydrogen-bond acceptors (Lipinski definition) is 4. The minimum Gasteiger partial charge on any atom is -0.280 e. The van der Waals surface area contributed by atoms with Crippen molar-refractivity contribution in [3.8, 4) is 16.3 Å². The standard InChI is InChI=1S/C21H16F3N3O2S2/c1-14-4-10-17(11-5-14)31(28,29)26-15-6-8-16(9-7-15)27-18(19-3-2-12-30-19)13-20(25-27)21(22,23)24/h2-13,26H,1H3. The van der Waals surface area contributed by atoms with Crippen LogP contribution in [0.1, 0.15) is 11.3 Å². The van der Waals surface area contributed by atoms with Crippen molar-refractivity contribution in [1.82, 2.24) is 9.78 Å². The first kappa shape index (κ1) is 21.1. The minimum atomic E-state index is -4.58. The Labute approximate surface area is 180 Å². The van der Waals surface area contributed by atoms with Crippen LogP contribution in [0.3, 0.4) is 0 Å². The summed E-state index contributed by atoms with van der Waals surface area (Å²) >= 11 is 1.30. The lowest BCUT2D eigenvalue weighted by Crippen LogP contribution is -2.13. The summed E-state index contributed by atoms with van der Waals surface area (Å²) in [6, 6.07) is 16.8. The first-order valence-corrected chi connectivity index (χ1v) is 11.4. The number of aromatic nitrogens is 2. The molecule has 4 rings (SSSR count).